The van der Waals surface area contributed by atoms with Crippen molar-refractivity contribution in [2.45, 2.75) is 33.2 Å². The quantitative estimate of drug-likeness (QED) is 0.649. The number of methoxy groups -OCH3 is 1. The van der Waals surface area contributed by atoms with E-state index in [0.717, 1.165) is 16.5 Å². The average Bonchev–Trinajstić information content (AvgIpc) is 3.10. The van der Waals surface area contributed by atoms with Gasteiger partial charge in [0.15, 0.2) is 0 Å². The van der Waals surface area contributed by atoms with Gasteiger partial charge in [0.05, 0.1) is 7.11 Å². The predicted molar refractivity (Wildman–Crippen MR) is 100 cm³/mol. The lowest BCUT2D eigenvalue weighted by atomic mass is 10.0. The third-order valence-corrected chi connectivity index (χ3v) is 4.87. The van der Waals surface area contributed by atoms with E-state index in [-0.39, 0.29) is 18.9 Å². The van der Waals surface area contributed by atoms with Crippen molar-refractivity contribution < 1.29 is 18.5 Å². The zero-order valence-electron chi connectivity index (χ0n) is 15.2. The summed E-state index contributed by atoms with van der Waals surface area (Å²) < 4.78 is 15.3. The molecular weight excluding hydrogens is 372 g/mol. The van der Waals surface area contributed by atoms with Crippen LogP contribution in [0, 0.1) is 13.8 Å². The van der Waals surface area contributed by atoms with E-state index in [9.17, 15) is 9.59 Å². The number of benzene rings is 1. The number of aromatic nitrogens is 1. The van der Waals surface area contributed by atoms with Gasteiger partial charge in [-0.3, -0.25) is 4.79 Å². The van der Waals surface area contributed by atoms with Crippen molar-refractivity contribution in [1.29, 1.82) is 0 Å². The zero-order chi connectivity index (χ0) is 19.6. The van der Waals surface area contributed by atoms with Crippen LogP contribution >= 0.6 is 11.6 Å². The van der Waals surface area contributed by atoms with Gasteiger partial charge >= 0.3 is 5.63 Å². The summed E-state index contributed by atoms with van der Waals surface area (Å²) in [5.41, 5.74) is 2.29. The average molecular weight is 391 g/mol. The fraction of sp³-hybridized carbons (Fsp3) is 0.316. The molecule has 2 aromatic heterocycles. The molecule has 7 nitrogen and oxygen atoms in total. The number of hydrogen-bond acceptors (Lipinski definition) is 6. The van der Waals surface area contributed by atoms with E-state index in [1.54, 1.807) is 12.1 Å². The lowest BCUT2D eigenvalue weighted by Crippen LogP contribution is -2.23. The Bertz CT molecular complexity index is 1050. The second kappa shape index (κ2) is 7.84. The van der Waals surface area contributed by atoms with Gasteiger partial charge < -0.3 is 19.0 Å². The topological polar surface area (TPSA) is 94.6 Å². The molecule has 0 saturated carbocycles. The van der Waals surface area contributed by atoms with Crippen LogP contribution in [-0.4, -0.2) is 18.2 Å². The van der Waals surface area contributed by atoms with Crippen molar-refractivity contribution in [2.75, 3.05) is 7.11 Å². The molecule has 0 aliphatic rings. The largest absolute Gasteiger partial charge is 0.479 e. The zero-order valence-corrected chi connectivity index (χ0v) is 16.0. The summed E-state index contributed by atoms with van der Waals surface area (Å²) in [7, 11) is 1.49. The van der Waals surface area contributed by atoms with Crippen LogP contribution in [0.2, 0.25) is 5.02 Å². The summed E-state index contributed by atoms with van der Waals surface area (Å²) in [4.78, 5) is 24.0. The molecule has 1 amide bonds. The van der Waals surface area contributed by atoms with E-state index < -0.39 is 5.63 Å². The smallest absolute Gasteiger partial charge is 0.336 e. The molecular formula is C19H19ClN2O5. The lowest BCUT2D eigenvalue weighted by Gasteiger charge is -2.12. The first-order chi connectivity index (χ1) is 12.9. The van der Waals surface area contributed by atoms with E-state index >= 15 is 0 Å². The number of nitrogens with zero attached hydrogens (tertiary/aromatic N) is 1. The van der Waals surface area contributed by atoms with Gasteiger partial charge in [-0.1, -0.05) is 11.6 Å². The van der Waals surface area contributed by atoms with Crippen LogP contribution in [0.5, 0.6) is 5.88 Å². The highest BCUT2D eigenvalue weighted by Gasteiger charge is 2.14. The Balaban J connectivity index is 1.73. The minimum Gasteiger partial charge on any atom is -0.479 e. The number of carbonyl (C=O) groups excluding carboxylic acids is 1. The number of ether oxygens (including phenoxy) is 1. The molecule has 0 aliphatic carbocycles. The molecule has 0 spiro atoms. The van der Waals surface area contributed by atoms with Gasteiger partial charge in [0.1, 0.15) is 11.3 Å². The molecule has 8 heteroatoms. The minimum atomic E-state index is -0.471. The van der Waals surface area contributed by atoms with Gasteiger partial charge in [-0.25, -0.2) is 4.79 Å². The molecule has 2 heterocycles. The van der Waals surface area contributed by atoms with Crippen LogP contribution in [-0.2, 0) is 17.8 Å². The molecule has 0 radical (unpaired) electrons. The molecule has 3 rings (SSSR count). The molecule has 1 aromatic carbocycles. The molecule has 0 saturated heterocycles. The highest BCUT2D eigenvalue weighted by molar-refractivity contribution is 6.33. The van der Waals surface area contributed by atoms with Crippen molar-refractivity contribution >= 4 is 28.5 Å². The number of rotatable bonds is 6. The van der Waals surface area contributed by atoms with Crippen LogP contribution in [0.4, 0.5) is 0 Å². The van der Waals surface area contributed by atoms with Gasteiger partial charge in [-0.05, 0) is 41.8 Å². The number of hydrogen-bond donors (Lipinski definition) is 1. The molecule has 142 valence electrons. The maximum atomic E-state index is 12.2. The van der Waals surface area contributed by atoms with Crippen molar-refractivity contribution in [3.8, 4) is 5.88 Å². The van der Waals surface area contributed by atoms with Gasteiger partial charge in [-0.15, -0.1) is 0 Å². The third kappa shape index (κ3) is 4.14. The first-order valence-corrected chi connectivity index (χ1v) is 8.75. The number of nitrogens with one attached hydrogen (secondary N) is 1. The second-order valence-corrected chi connectivity index (χ2v) is 6.59. The van der Waals surface area contributed by atoms with Crippen molar-refractivity contribution in [2.24, 2.45) is 0 Å². The normalized spacial score (nSPS) is 11.0. The fourth-order valence-electron chi connectivity index (χ4n) is 2.92. The number of halogens is 1. The summed E-state index contributed by atoms with van der Waals surface area (Å²) in [5.74, 6) is 0.754. The Morgan fingerprint density at radius 2 is 2.07 bits per heavy atom. The van der Waals surface area contributed by atoms with Crippen LogP contribution in [0.15, 0.2) is 31.9 Å². The molecule has 0 aliphatic heterocycles. The second-order valence-electron chi connectivity index (χ2n) is 6.21. The lowest BCUT2D eigenvalue weighted by molar-refractivity contribution is -0.121. The molecule has 0 bridgehead atoms. The van der Waals surface area contributed by atoms with Crippen LogP contribution in [0.1, 0.15) is 28.9 Å². The Kier molecular flexibility index (Phi) is 5.51. The van der Waals surface area contributed by atoms with E-state index in [1.807, 2.05) is 13.8 Å². The highest BCUT2D eigenvalue weighted by atomic mass is 35.5. The third-order valence-electron chi connectivity index (χ3n) is 4.29. The molecule has 0 atom stereocenters. The molecule has 3 aromatic rings. The van der Waals surface area contributed by atoms with Crippen LogP contribution < -0.4 is 15.7 Å². The van der Waals surface area contributed by atoms with Crippen molar-refractivity contribution in [3.63, 3.8) is 0 Å². The van der Waals surface area contributed by atoms with Gasteiger partial charge in [0.2, 0.25) is 5.91 Å². The summed E-state index contributed by atoms with van der Waals surface area (Å²) in [6.07, 6.45) is 0.612. The van der Waals surface area contributed by atoms with Crippen LogP contribution in [0.3, 0.4) is 0 Å². The van der Waals surface area contributed by atoms with E-state index in [0.29, 0.717) is 34.2 Å². The first kappa shape index (κ1) is 19.0. The Morgan fingerprint density at radius 3 is 2.78 bits per heavy atom. The van der Waals surface area contributed by atoms with E-state index in [2.05, 4.69) is 10.5 Å². The summed E-state index contributed by atoms with van der Waals surface area (Å²) in [6, 6.07) is 4.74. The predicted octanol–water partition coefficient (Wildman–Crippen LogP) is 3.31. The van der Waals surface area contributed by atoms with Crippen molar-refractivity contribution in [3.05, 3.63) is 56.1 Å². The maximum Gasteiger partial charge on any atom is 0.336 e. The van der Waals surface area contributed by atoms with Crippen molar-refractivity contribution in [1.82, 2.24) is 10.5 Å². The Hall–Kier alpha value is -2.80. The monoisotopic (exact) mass is 390 g/mol. The van der Waals surface area contributed by atoms with Gasteiger partial charge in [0.25, 0.3) is 5.88 Å². The summed E-state index contributed by atoms with van der Waals surface area (Å²) in [6.45, 7) is 3.91. The number of carbonyl (C=O) groups is 1. The fourth-order valence-corrected chi connectivity index (χ4v) is 3.07. The number of amides is 1. The minimum absolute atomic E-state index is 0.178. The molecule has 1 N–H and O–H groups in total. The standard InChI is InChI=1S/C19H19ClN2O5/c1-10-6-14-18(11(2)19(10)20)12(7-17(24)26-14)9-21-15(23)5-4-13-8-16(25-3)22-27-13/h6-8H,4-5,9H2,1-3H3,(H,21,23). The molecule has 0 fully saturated rings. The van der Waals surface area contributed by atoms with Gasteiger partial charge in [-0.2, -0.15) is 0 Å². The summed E-state index contributed by atoms with van der Waals surface area (Å²) >= 11 is 6.33. The Labute approximate surface area is 160 Å². The SMILES string of the molecule is COc1cc(CCC(=O)NCc2cc(=O)oc3cc(C)c(Cl)c(C)c23)on1. The molecule has 27 heavy (non-hydrogen) atoms. The Morgan fingerprint density at radius 1 is 1.30 bits per heavy atom. The molecule has 0 unspecified atom stereocenters. The number of fused-ring (bicyclic) bond motifs is 1. The highest BCUT2D eigenvalue weighted by Crippen LogP contribution is 2.30. The van der Waals surface area contributed by atoms with E-state index in [1.165, 1.54) is 13.2 Å². The van der Waals surface area contributed by atoms with Gasteiger partial charge in [0, 0.05) is 41.9 Å². The number of aryl methyl sites for hydroxylation is 3. The van der Waals surface area contributed by atoms with E-state index in [4.69, 9.17) is 25.3 Å². The van der Waals surface area contributed by atoms with Crippen LogP contribution in [0.25, 0.3) is 11.0 Å². The first-order valence-electron chi connectivity index (χ1n) is 8.37. The summed E-state index contributed by atoms with van der Waals surface area (Å²) in [5, 5.41) is 7.86. The maximum absolute atomic E-state index is 12.2.